The number of hydrogen-bond acceptors (Lipinski definition) is 3. The van der Waals surface area contributed by atoms with E-state index in [1.807, 2.05) is 0 Å². The van der Waals surface area contributed by atoms with Crippen LogP contribution in [0.25, 0.3) is 0 Å². The number of hydrogen-bond donors (Lipinski definition) is 0. The lowest BCUT2D eigenvalue weighted by Crippen LogP contribution is -2.42. The second-order valence-corrected chi connectivity index (χ2v) is 11.3. The predicted octanol–water partition coefficient (Wildman–Crippen LogP) is 8.11. The zero-order chi connectivity index (χ0) is 20.8. The maximum atomic E-state index is 5.45. The van der Waals surface area contributed by atoms with E-state index >= 15 is 0 Å². The molecule has 0 aromatic carbocycles. The molecular formula is C24H51O3Si. The Morgan fingerprint density at radius 3 is 1.25 bits per heavy atom. The molecule has 0 fully saturated rings. The molecule has 0 saturated carbocycles. The van der Waals surface area contributed by atoms with E-state index in [0.717, 1.165) is 18.9 Å². The van der Waals surface area contributed by atoms with Crippen molar-refractivity contribution in [3.05, 3.63) is 6.42 Å². The van der Waals surface area contributed by atoms with Crippen LogP contribution in [-0.4, -0.2) is 30.1 Å². The first kappa shape index (κ1) is 28.1. The molecule has 0 bridgehead atoms. The molecule has 0 heterocycles. The second kappa shape index (κ2) is 21.8. The first-order valence-corrected chi connectivity index (χ1v) is 14.1. The molecule has 0 aromatic rings. The lowest BCUT2D eigenvalue weighted by molar-refractivity contribution is 0.123. The largest absolute Gasteiger partial charge is 0.500 e. The normalized spacial score (nSPS) is 12.0. The maximum Gasteiger partial charge on any atom is 0.500 e. The summed E-state index contributed by atoms with van der Waals surface area (Å²) in [5.41, 5.74) is 0. The van der Waals surface area contributed by atoms with Crippen molar-refractivity contribution in [1.82, 2.24) is 0 Å². The number of rotatable bonds is 23. The van der Waals surface area contributed by atoms with E-state index in [-0.39, 0.29) is 0 Å². The molecule has 4 heteroatoms. The Morgan fingerprint density at radius 1 is 0.500 bits per heavy atom. The van der Waals surface area contributed by atoms with E-state index in [0.29, 0.717) is 0 Å². The van der Waals surface area contributed by atoms with E-state index in [1.54, 1.807) is 21.3 Å². The Kier molecular flexibility index (Phi) is 21.9. The molecule has 28 heavy (non-hydrogen) atoms. The van der Waals surface area contributed by atoms with Crippen molar-refractivity contribution < 1.29 is 13.3 Å². The van der Waals surface area contributed by atoms with Crippen LogP contribution in [0, 0.1) is 6.42 Å². The van der Waals surface area contributed by atoms with Gasteiger partial charge in [-0.3, -0.25) is 0 Å². The fraction of sp³-hybridized carbons (Fsp3) is 0.958. The Labute approximate surface area is 178 Å². The molecule has 1 radical (unpaired) electrons. The minimum atomic E-state index is -2.35. The average molecular weight is 416 g/mol. The van der Waals surface area contributed by atoms with Crippen molar-refractivity contribution in [3.8, 4) is 0 Å². The van der Waals surface area contributed by atoms with Crippen molar-refractivity contribution in [2.24, 2.45) is 0 Å². The topological polar surface area (TPSA) is 27.7 Å². The van der Waals surface area contributed by atoms with Crippen LogP contribution in [-0.2, 0) is 13.3 Å². The lowest BCUT2D eigenvalue weighted by atomic mass is 10.0. The molecule has 3 nitrogen and oxygen atoms in total. The molecule has 0 aromatic heterocycles. The fourth-order valence-electron chi connectivity index (χ4n) is 3.82. The molecule has 0 amide bonds. The van der Waals surface area contributed by atoms with E-state index in [1.165, 1.54) is 103 Å². The summed E-state index contributed by atoms with van der Waals surface area (Å²) in [6.45, 7) is 2.29. The lowest BCUT2D eigenvalue weighted by Gasteiger charge is -2.24. The summed E-state index contributed by atoms with van der Waals surface area (Å²) in [5.74, 6) is 0. The molecule has 0 atom stereocenters. The van der Waals surface area contributed by atoms with E-state index in [4.69, 9.17) is 13.3 Å². The molecule has 0 rings (SSSR count). The van der Waals surface area contributed by atoms with Gasteiger partial charge in [0.1, 0.15) is 0 Å². The van der Waals surface area contributed by atoms with E-state index in [2.05, 4.69) is 13.3 Å². The van der Waals surface area contributed by atoms with Crippen LogP contribution in [0.3, 0.4) is 0 Å². The van der Waals surface area contributed by atoms with Crippen LogP contribution in [0.1, 0.15) is 122 Å². The molecule has 0 spiro atoms. The summed E-state index contributed by atoms with van der Waals surface area (Å²) in [5, 5.41) is 0. The molecule has 0 aliphatic carbocycles. The van der Waals surface area contributed by atoms with Crippen LogP contribution in [0.5, 0.6) is 0 Å². The Morgan fingerprint density at radius 2 is 0.857 bits per heavy atom. The Bertz CT molecular complexity index is 287. The van der Waals surface area contributed by atoms with Gasteiger partial charge in [0, 0.05) is 27.4 Å². The number of unbranched alkanes of at least 4 members (excludes halogenated alkanes) is 18. The van der Waals surface area contributed by atoms with Gasteiger partial charge in [-0.15, -0.1) is 0 Å². The van der Waals surface area contributed by atoms with Crippen LogP contribution < -0.4 is 0 Å². The Balaban J connectivity index is 3.18. The first-order chi connectivity index (χ1) is 13.7. The molecule has 0 aliphatic rings. The van der Waals surface area contributed by atoms with Gasteiger partial charge < -0.3 is 13.3 Å². The third kappa shape index (κ3) is 17.0. The minimum absolute atomic E-state index is 0.909. The zero-order valence-corrected chi connectivity index (χ0v) is 20.7. The molecule has 0 N–H and O–H groups in total. The standard InChI is InChI=1S/C24H51O3Si/c1-5-6-7-8-9-10-11-12-13-14-15-16-17-18-19-20-21-22-23-24-28(25-2,26-3)27-4/h21H,5-20,22-24H2,1-4H3. The van der Waals surface area contributed by atoms with Gasteiger partial charge in [0.2, 0.25) is 0 Å². The van der Waals surface area contributed by atoms with E-state index < -0.39 is 8.80 Å². The van der Waals surface area contributed by atoms with Crippen molar-refractivity contribution in [1.29, 1.82) is 0 Å². The first-order valence-electron chi connectivity index (χ1n) is 12.2. The zero-order valence-electron chi connectivity index (χ0n) is 19.7. The molecule has 0 aliphatic heterocycles. The quantitative estimate of drug-likeness (QED) is 0.125. The molecule has 0 unspecified atom stereocenters. The highest BCUT2D eigenvalue weighted by molar-refractivity contribution is 6.60. The van der Waals surface area contributed by atoms with Crippen LogP contribution >= 0.6 is 0 Å². The van der Waals surface area contributed by atoms with Crippen LogP contribution in [0.15, 0.2) is 0 Å². The summed E-state index contributed by atoms with van der Waals surface area (Å²) in [6.07, 6.45) is 27.4. The SMILES string of the molecule is CCCCCCCCCCCCCCCCC[CH]CCC[Si](OC)(OC)OC. The van der Waals surface area contributed by atoms with Gasteiger partial charge in [-0.25, -0.2) is 0 Å². The van der Waals surface area contributed by atoms with Crippen molar-refractivity contribution >= 4 is 8.80 Å². The summed E-state index contributed by atoms with van der Waals surface area (Å²) in [6, 6.07) is 0.909. The summed E-state index contributed by atoms with van der Waals surface area (Å²) in [7, 11) is 2.73. The van der Waals surface area contributed by atoms with Gasteiger partial charge in [0.05, 0.1) is 0 Å². The highest BCUT2D eigenvalue weighted by Crippen LogP contribution is 2.18. The van der Waals surface area contributed by atoms with Gasteiger partial charge in [-0.05, 0) is 12.8 Å². The second-order valence-electron chi connectivity index (χ2n) is 8.21. The highest BCUT2D eigenvalue weighted by Gasteiger charge is 2.36. The smallest absolute Gasteiger partial charge is 0.377 e. The third-order valence-corrected chi connectivity index (χ3v) is 8.67. The molecule has 169 valence electrons. The average Bonchev–Trinajstić information content (AvgIpc) is 2.73. The highest BCUT2D eigenvalue weighted by atomic mass is 28.4. The Hall–Kier alpha value is 0.0969. The maximum absolute atomic E-state index is 5.45. The minimum Gasteiger partial charge on any atom is -0.377 e. The third-order valence-electron chi connectivity index (χ3n) is 5.84. The van der Waals surface area contributed by atoms with E-state index in [9.17, 15) is 0 Å². The van der Waals surface area contributed by atoms with Gasteiger partial charge in [-0.2, -0.15) is 0 Å². The summed E-state index contributed by atoms with van der Waals surface area (Å²) in [4.78, 5) is 0. The van der Waals surface area contributed by atoms with Gasteiger partial charge in [0.15, 0.2) is 0 Å². The van der Waals surface area contributed by atoms with Gasteiger partial charge >= 0.3 is 8.80 Å². The van der Waals surface area contributed by atoms with Crippen LogP contribution in [0.2, 0.25) is 6.04 Å². The molecular weight excluding hydrogens is 364 g/mol. The monoisotopic (exact) mass is 415 g/mol. The summed E-state index contributed by atoms with van der Waals surface area (Å²) < 4.78 is 16.4. The van der Waals surface area contributed by atoms with Crippen molar-refractivity contribution in [2.75, 3.05) is 21.3 Å². The molecule has 0 saturated heterocycles. The van der Waals surface area contributed by atoms with Gasteiger partial charge in [0.25, 0.3) is 0 Å². The predicted molar refractivity (Wildman–Crippen MR) is 125 cm³/mol. The van der Waals surface area contributed by atoms with Crippen molar-refractivity contribution in [3.63, 3.8) is 0 Å². The summed E-state index contributed by atoms with van der Waals surface area (Å²) >= 11 is 0. The van der Waals surface area contributed by atoms with Gasteiger partial charge in [-0.1, -0.05) is 116 Å². The van der Waals surface area contributed by atoms with Crippen molar-refractivity contribution in [2.45, 2.75) is 129 Å². The fourth-order valence-corrected chi connectivity index (χ4v) is 5.57. The van der Waals surface area contributed by atoms with Crippen LogP contribution in [0.4, 0.5) is 0 Å².